The summed E-state index contributed by atoms with van der Waals surface area (Å²) in [4.78, 5) is 36.6. The molecule has 8 heteroatoms. The van der Waals surface area contributed by atoms with E-state index < -0.39 is 23.6 Å². The number of ether oxygens (including phenoxy) is 1. The second-order valence-electron chi connectivity index (χ2n) is 5.32. The fraction of sp³-hybridized carbons (Fsp3) is 0.167. The SMILES string of the molecule is COC(=O)c1ccc(NC(=O)CN(C(C)=O)c2ccc(F)c(Cl)c2)cc1. The lowest BCUT2D eigenvalue weighted by atomic mass is 10.2. The van der Waals surface area contributed by atoms with Crippen LogP contribution in [0, 0.1) is 5.82 Å². The lowest BCUT2D eigenvalue weighted by Crippen LogP contribution is -2.36. The highest BCUT2D eigenvalue weighted by molar-refractivity contribution is 6.31. The largest absolute Gasteiger partial charge is 0.465 e. The van der Waals surface area contributed by atoms with Gasteiger partial charge in [0.05, 0.1) is 17.7 Å². The molecule has 0 radical (unpaired) electrons. The van der Waals surface area contributed by atoms with Crippen molar-refractivity contribution in [2.45, 2.75) is 6.92 Å². The van der Waals surface area contributed by atoms with Crippen molar-refractivity contribution in [1.82, 2.24) is 0 Å². The van der Waals surface area contributed by atoms with Crippen molar-refractivity contribution in [2.24, 2.45) is 0 Å². The van der Waals surface area contributed by atoms with Crippen LogP contribution in [0.1, 0.15) is 17.3 Å². The number of carbonyl (C=O) groups is 3. The van der Waals surface area contributed by atoms with Crippen LogP contribution in [-0.2, 0) is 14.3 Å². The average molecular weight is 379 g/mol. The summed E-state index contributed by atoms with van der Waals surface area (Å²) in [5.41, 5.74) is 1.10. The molecule has 0 saturated carbocycles. The Kier molecular flexibility index (Phi) is 6.30. The van der Waals surface area contributed by atoms with Gasteiger partial charge in [-0.1, -0.05) is 11.6 Å². The fourth-order valence-electron chi connectivity index (χ4n) is 2.19. The number of methoxy groups -OCH3 is 1. The van der Waals surface area contributed by atoms with Gasteiger partial charge >= 0.3 is 5.97 Å². The molecule has 26 heavy (non-hydrogen) atoms. The Balaban J connectivity index is 2.09. The third-order valence-corrected chi connectivity index (χ3v) is 3.78. The van der Waals surface area contributed by atoms with Gasteiger partial charge in [0.1, 0.15) is 12.4 Å². The number of hydrogen-bond acceptors (Lipinski definition) is 4. The molecule has 0 saturated heterocycles. The highest BCUT2D eigenvalue weighted by atomic mass is 35.5. The maximum Gasteiger partial charge on any atom is 0.337 e. The van der Waals surface area contributed by atoms with E-state index in [1.807, 2.05) is 0 Å². The summed E-state index contributed by atoms with van der Waals surface area (Å²) in [5, 5.41) is 2.47. The third-order valence-electron chi connectivity index (χ3n) is 3.49. The number of anilines is 2. The maximum atomic E-state index is 13.3. The van der Waals surface area contributed by atoms with Crippen LogP contribution in [0.3, 0.4) is 0 Å². The molecule has 2 rings (SSSR count). The van der Waals surface area contributed by atoms with Gasteiger partial charge in [0.2, 0.25) is 11.8 Å². The minimum Gasteiger partial charge on any atom is -0.465 e. The Hall–Kier alpha value is -2.93. The van der Waals surface area contributed by atoms with Crippen LogP contribution in [0.15, 0.2) is 42.5 Å². The Morgan fingerprint density at radius 3 is 2.35 bits per heavy atom. The fourth-order valence-corrected chi connectivity index (χ4v) is 2.36. The zero-order valence-corrected chi connectivity index (χ0v) is 14.8. The van der Waals surface area contributed by atoms with Gasteiger partial charge in [0.15, 0.2) is 0 Å². The van der Waals surface area contributed by atoms with Gasteiger partial charge in [-0.15, -0.1) is 0 Å². The van der Waals surface area contributed by atoms with Crippen molar-refractivity contribution in [3.63, 3.8) is 0 Å². The van der Waals surface area contributed by atoms with Gasteiger partial charge in [-0.2, -0.15) is 0 Å². The van der Waals surface area contributed by atoms with Crippen LogP contribution in [0.5, 0.6) is 0 Å². The Bertz CT molecular complexity index is 840. The van der Waals surface area contributed by atoms with Gasteiger partial charge in [0.25, 0.3) is 0 Å². The normalized spacial score (nSPS) is 10.2. The first-order chi connectivity index (χ1) is 12.3. The van der Waals surface area contributed by atoms with Gasteiger partial charge in [-0.05, 0) is 42.5 Å². The van der Waals surface area contributed by atoms with Crippen molar-refractivity contribution in [3.8, 4) is 0 Å². The minimum atomic E-state index is -0.617. The van der Waals surface area contributed by atoms with Crippen LogP contribution in [0.2, 0.25) is 5.02 Å². The number of halogens is 2. The average Bonchev–Trinajstić information content (AvgIpc) is 2.62. The zero-order valence-electron chi connectivity index (χ0n) is 14.1. The molecule has 0 fully saturated rings. The summed E-state index contributed by atoms with van der Waals surface area (Å²) in [5.74, 6) is -1.97. The predicted molar refractivity (Wildman–Crippen MR) is 95.8 cm³/mol. The molecule has 0 spiro atoms. The first-order valence-corrected chi connectivity index (χ1v) is 7.91. The van der Waals surface area contributed by atoms with Crippen molar-refractivity contribution in [3.05, 3.63) is 58.9 Å². The van der Waals surface area contributed by atoms with Crippen LogP contribution in [0.4, 0.5) is 15.8 Å². The number of rotatable bonds is 5. The zero-order chi connectivity index (χ0) is 19.3. The number of amides is 2. The molecule has 2 aromatic rings. The molecule has 0 atom stereocenters. The number of carbonyl (C=O) groups excluding carboxylic acids is 3. The molecule has 0 aliphatic rings. The molecule has 0 aliphatic carbocycles. The van der Waals surface area contributed by atoms with E-state index in [2.05, 4.69) is 10.1 Å². The molecule has 0 heterocycles. The second-order valence-corrected chi connectivity index (χ2v) is 5.73. The third kappa shape index (κ3) is 4.80. The molecule has 2 amide bonds. The van der Waals surface area contributed by atoms with E-state index in [1.165, 1.54) is 55.3 Å². The van der Waals surface area contributed by atoms with Crippen molar-refractivity contribution in [2.75, 3.05) is 23.9 Å². The van der Waals surface area contributed by atoms with E-state index in [1.54, 1.807) is 0 Å². The van der Waals surface area contributed by atoms with E-state index in [0.29, 0.717) is 16.9 Å². The summed E-state index contributed by atoms with van der Waals surface area (Å²) in [7, 11) is 1.27. The van der Waals surface area contributed by atoms with Crippen LogP contribution >= 0.6 is 11.6 Å². The Morgan fingerprint density at radius 1 is 1.15 bits per heavy atom. The quantitative estimate of drug-likeness (QED) is 0.810. The van der Waals surface area contributed by atoms with Crippen LogP contribution in [-0.4, -0.2) is 31.4 Å². The molecule has 1 N–H and O–H groups in total. The monoisotopic (exact) mass is 378 g/mol. The summed E-state index contributed by atoms with van der Waals surface area (Å²) in [6.07, 6.45) is 0. The highest BCUT2D eigenvalue weighted by Gasteiger charge is 2.17. The standard InChI is InChI=1S/C18H16ClFN2O4/c1-11(23)22(14-7-8-16(20)15(19)9-14)10-17(24)21-13-5-3-12(4-6-13)18(25)26-2/h3-9H,10H2,1-2H3,(H,21,24). The van der Waals surface area contributed by atoms with E-state index in [4.69, 9.17) is 11.6 Å². The number of hydrogen-bond donors (Lipinski definition) is 1. The molecule has 136 valence electrons. The predicted octanol–water partition coefficient (Wildman–Crippen LogP) is 3.26. The molecular weight excluding hydrogens is 363 g/mol. The van der Waals surface area contributed by atoms with Crippen molar-refractivity contribution >= 4 is 40.8 Å². The molecular formula is C18H16ClFN2O4. The smallest absolute Gasteiger partial charge is 0.337 e. The lowest BCUT2D eigenvalue weighted by Gasteiger charge is -2.21. The first-order valence-electron chi connectivity index (χ1n) is 7.53. The highest BCUT2D eigenvalue weighted by Crippen LogP contribution is 2.23. The van der Waals surface area contributed by atoms with Gasteiger partial charge in [0, 0.05) is 18.3 Å². The van der Waals surface area contributed by atoms with E-state index in [9.17, 15) is 18.8 Å². The van der Waals surface area contributed by atoms with E-state index >= 15 is 0 Å². The minimum absolute atomic E-state index is 0.146. The van der Waals surface area contributed by atoms with Gasteiger partial charge in [-0.25, -0.2) is 9.18 Å². The number of nitrogens with zero attached hydrogens (tertiary/aromatic N) is 1. The van der Waals surface area contributed by atoms with Gasteiger partial charge in [-0.3, -0.25) is 9.59 Å². The molecule has 6 nitrogen and oxygen atoms in total. The summed E-state index contributed by atoms with van der Waals surface area (Å²) in [6.45, 7) is 1.01. The van der Waals surface area contributed by atoms with E-state index in [-0.39, 0.29) is 11.6 Å². The number of nitrogens with one attached hydrogen (secondary N) is 1. The molecule has 0 bridgehead atoms. The molecule has 2 aromatic carbocycles. The summed E-state index contributed by atoms with van der Waals surface area (Å²) >= 11 is 5.73. The van der Waals surface area contributed by atoms with Crippen LogP contribution < -0.4 is 10.2 Å². The molecule has 0 aliphatic heterocycles. The number of esters is 1. The lowest BCUT2D eigenvalue weighted by molar-refractivity contribution is -0.120. The first kappa shape index (κ1) is 19.4. The summed E-state index contributed by atoms with van der Waals surface area (Å²) < 4.78 is 17.9. The van der Waals surface area contributed by atoms with Crippen molar-refractivity contribution < 1.29 is 23.5 Å². The topological polar surface area (TPSA) is 75.7 Å². The maximum absolute atomic E-state index is 13.3. The number of benzene rings is 2. The molecule has 0 aromatic heterocycles. The van der Waals surface area contributed by atoms with Crippen molar-refractivity contribution in [1.29, 1.82) is 0 Å². The Morgan fingerprint density at radius 2 is 1.81 bits per heavy atom. The molecule has 0 unspecified atom stereocenters. The van der Waals surface area contributed by atoms with Crippen LogP contribution in [0.25, 0.3) is 0 Å². The second kappa shape index (κ2) is 8.44. The summed E-state index contributed by atoms with van der Waals surface area (Å²) in [6, 6.07) is 9.84. The van der Waals surface area contributed by atoms with Gasteiger partial charge < -0.3 is 15.0 Å². The van der Waals surface area contributed by atoms with E-state index in [0.717, 1.165) is 6.07 Å². The Labute approximate surface area is 154 Å².